The number of benzene rings is 1. The number of hydrogen-bond acceptors (Lipinski definition) is 2. The maximum Gasteiger partial charge on any atom is 0.100 e. The number of fused-ring (bicyclic) bond motifs is 1. The van der Waals surface area contributed by atoms with Crippen LogP contribution < -0.4 is 0 Å². The predicted molar refractivity (Wildman–Crippen MR) is 82.4 cm³/mol. The standard InChI is InChI=1S/C16H18ClNS/c17-10-4-7-13-11-19-16(18-13)15-9-3-6-12-5-1-2-8-14(12)15/h1-2,5,8,11,15H,3-4,6-7,9-10H2. The summed E-state index contributed by atoms with van der Waals surface area (Å²) < 4.78 is 0. The zero-order chi connectivity index (χ0) is 13.1. The molecule has 1 aliphatic carbocycles. The number of hydrogen-bond donors (Lipinski definition) is 0. The van der Waals surface area contributed by atoms with Crippen molar-refractivity contribution in [3.05, 3.63) is 51.5 Å². The number of rotatable bonds is 4. The van der Waals surface area contributed by atoms with Gasteiger partial charge in [-0.3, -0.25) is 0 Å². The molecule has 1 aromatic heterocycles. The van der Waals surface area contributed by atoms with E-state index in [4.69, 9.17) is 16.6 Å². The third-order valence-electron chi connectivity index (χ3n) is 3.80. The van der Waals surface area contributed by atoms with Gasteiger partial charge in [0.25, 0.3) is 0 Å². The first-order valence-corrected chi connectivity index (χ1v) is 8.38. The van der Waals surface area contributed by atoms with Crippen LogP contribution in [0.2, 0.25) is 0 Å². The molecule has 0 radical (unpaired) electrons. The van der Waals surface area contributed by atoms with E-state index in [1.54, 1.807) is 0 Å². The van der Waals surface area contributed by atoms with Gasteiger partial charge in [0.1, 0.15) is 5.01 Å². The number of halogens is 1. The van der Waals surface area contributed by atoms with E-state index < -0.39 is 0 Å². The maximum atomic E-state index is 5.75. The molecule has 1 atom stereocenters. The van der Waals surface area contributed by atoms with Gasteiger partial charge in [0.15, 0.2) is 0 Å². The largest absolute Gasteiger partial charge is 0.246 e. The average molecular weight is 292 g/mol. The lowest BCUT2D eigenvalue weighted by molar-refractivity contribution is 0.611. The fourth-order valence-corrected chi connectivity index (χ4v) is 4.00. The number of aryl methyl sites for hydroxylation is 2. The van der Waals surface area contributed by atoms with Crippen molar-refractivity contribution >= 4 is 22.9 Å². The smallest absolute Gasteiger partial charge is 0.100 e. The van der Waals surface area contributed by atoms with Crippen molar-refractivity contribution in [1.82, 2.24) is 4.98 Å². The van der Waals surface area contributed by atoms with E-state index in [1.165, 1.54) is 41.1 Å². The summed E-state index contributed by atoms with van der Waals surface area (Å²) in [6.45, 7) is 0. The molecule has 1 heterocycles. The van der Waals surface area contributed by atoms with Gasteiger partial charge in [-0.15, -0.1) is 22.9 Å². The van der Waals surface area contributed by atoms with Crippen LogP contribution in [-0.4, -0.2) is 10.9 Å². The van der Waals surface area contributed by atoms with E-state index in [-0.39, 0.29) is 0 Å². The molecule has 3 rings (SSSR count). The van der Waals surface area contributed by atoms with E-state index in [0.717, 1.165) is 18.7 Å². The van der Waals surface area contributed by atoms with E-state index in [1.807, 2.05) is 11.3 Å². The Morgan fingerprint density at radius 3 is 3.11 bits per heavy atom. The van der Waals surface area contributed by atoms with Crippen LogP contribution in [0.1, 0.15) is 47.0 Å². The van der Waals surface area contributed by atoms with E-state index in [0.29, 0.717) is 5.92 Å². The third kappa shape index (κ3) is 2.85. The number of alkyl halides is 1. The Kier molecular flexibility index (Phi) is 4.19. The quantitative estimate of drug-likeness (QED) is 0.739. The molecular formula is C16H18ClNS. The first-order chi connectivity index (χ1) is 9.38. The van der Waals surface area contributed by atoms with Crippen LogP contribution in [0.4, 0.5) is 0 Å². The van der Waals surface area contributed by atoms with Crippen LogP contribution in [0, 0.1) is 0 Å². The van der Waals surface area contributed by atoms with Crippen LogP contribution in [0.25, 0.3) is 0 Å². The normalized spacial score (nSPS) is 18.3. The average Bonchev–Trinajstić information content (AvgIpc) is 2.93. The molecule has 19 heavy (non-hydrogen) atoms. The van der Waals surface area contributed by atoms with Gasteiger partial charge >= 0.3 is 0 Å². The SMILES string of the molecule is ClCCCc1csc(C2CCCc3ccccc32)n1. The van der Waals surface area contributed by atoms with E-state index in [9.17, 15) is 0 Å². The van der Waals surface area contributed by atoms with Crippen LogP contribution in [-0.2, 0) is 12.8 Å². The summed E-state index contributed by atoms with van der Waals surface area (Å²) in [6, 6.07) is 8.84. The molecule has 2 aromatic rings. The van der Waals surface area contributed by atoms with Crippen LogP contribution in [0.3, 0.4) is 0 Å². The number of thiazole rings is 1. The summed E-state index contributed by atoms with van der Waals surface area (Å²) in [5.74, 6) is 1.23. The molecule has 1 nitrogen and oxygen atoms in total. The fourth-order valence-electron chi connectivity index (χ4n) is 2.86. The number of nitrogens with zero attached hydrogens (tertiary/aromatic N) is 1. The first-order valence-electron chi connectivity index (χ1n) is 6.96. The monoisotopic (exact) mass is 291 g/mol. The molecule has 1 unspecified atom stereocenters. The summed E-state index contributed by atoms with van der Waals surface area (Å²) in [4.78, 5) is 4.83. The molecule has 0 saturated carbocycles. The topological polar surface area (TPSA) is 12.9 Å². The lowest BCUT2D eigenvalue weighted by Crippen LogP contribution is -2.10. The first kappa shape index (κ1) is 13.1. The minimum Gasteiger partial charge on any atom is -0.246 e. The summed E-state index contributed by atoms with van der Waals surface area (Å²) in [7, 11) is 0. The second kappa shape index (κ2) is 6.06. The van der Waals surface area contributed by atoms with Crippen LogP contribution in [0.15, 0.2) is 29.6 Å². The second-order valence-electron chi connectivity index (χ2n) is 5.11. The third-order valence-corrected chi connectivity index (χ3v) is 5.08. The molecular weight excluding hydrogens is 274 g/mol. The molecule has 0 aliphatic heterocycles. The van der Waals surface area contributed by atoms with Crippen molar-refractivity contribution in [3.8, 4) is 0 Å². The molecule has 1 aliphatic rings. The molecule has 0 bridgehead atoms. The van der Waals surface area contributed by atoms with Gasteiger partial charge in [0.05, 0.1) is 5.69 Å². The van der Waals surface area contributed by atoms with Crippen molar-refractivity contribution in [1.29, 1.82) is 0 Å². The minimum atomic E-state index is 0.514. The molecule has 0 spiro atoms. The van der Waals surface area contributed by atoms with Gasteiger partial charge < -0.3 is 0 Å². The highest BCUT2D eigenvalue weighted by Crippen LogP contribution is 2.37. The van der Waals surface area contributed by atoms with Crippen molar-refractivity contribution < 1.29 is 0 Å². The lowest BCUT2D eigenvalue weighted by atomic mass is 9.83. The molecule has 0 saturated heterocycles. The molecule has 0 fully saturated rings. The Morgan fingerprint density at radius 2 is 2.21 bits per heavy atom. The van der Waals surface area contributed by atoms with Crippen LogP contribution >= 0.6 is 22.9 Å². The van der Waals surface area contributed by atoms with Gasteiger partial charge in [0, 0.05) is 17.2 Å². The highest BCUT2D eigenvalue weighted by molar-refractivity contribution is 7.09. The summed E-state index contributed by atoms with van der Waals surface area (Å²) >= 11 is 7.57. The Labute approximate surface area is 123 Å². The summed E-state index contributed by atoms with van der Waals surface area (Å²) in [5, 5.41) is 3.50. The lowest BCUT2D eigenvalue weighted by Gasteiger charge is -2.23. The second-order valence-corrected chi connectivity index (χ2v) is 6.38. The number of aromatic nitrogens is 1. The Morgan fingerprint density at radius 1 is 1.32 bits per heavy atom. The van der Waals surface area contributed by atoms with Crippen molar-refractivity contribution in [2.24, 2.45) is 0 Å². The van der Waals surface area contributed by atoms with Crippen molar-refractivity contribution in [2.45, 2.75) is 38.0 Å². The Hall–Kier alpha value is -0.860. The Bertz CT molecular complexity index is 549. The van der Waals surface area contributed by atoms with Crippen molar-refractivity contribution in [3.63, 3.8) is 0 Å². The molecule has 0 amide bonds. The van der Waals surface area contributed by atoms with Crippen LogP contribution in [0.5, 0.6) is 0 Å². The predicted octanol–water partition coefficient (Wildman–Crippen LogP) is 4.78. The zero-order valence-electron chi connectivity index (χ0n) is 10.9. The summed E-state index contributed by atoms with van der Waals surface area (Å²) in [5.41, 5.74) is 4.21. The van der Waals surface area contributed by atoms with Gasteiger partial charge in [-0.25, -0.2) is 4.98 Å². The highest BCUT2D eigenvalue weighted by atomic mass is 35.5. The highest BCUT2D eigenvalue weighted by Gasteiger charge is 2.23. The molecule has 1 aromatic carbocycles. The van der Waals surface area contributed by atoms with Crippen molar-refractivity contribution in [2.75, 3.05) is 5.88 Å². The van der Waals surface area contributed by atoms with Gasteiger partial charge in [-0.05, 0) is 43.2 Å². The fraction of sp³-hybridized carbons (Fsp3) is 0.438. The zero-order valence-corrected chi connectivity index (χ0v) is 12.5. The summed E-state index contributed by atoms with van der Waals surface area (Å²) in [6.07, 6.45) is 5.76. The Balaban J connectivity index is 1.85. The molecule has 0 N–H and O–H groups in total. The minimum absolute atomic E-state index is 0.514. The van der Waals surface area contributed by atoms with Gasteiger partial charge in [-0.1, -0.05) is 24.3 Å². The van der Waals surface area contributed by atoms with Gasteiger partial charge in [-0.2, -0.15) is 0 Å². The van der Waals surface area contributed by atoms with E-state index >= 15 is 0 Å². The maximum absolute atomic E-state index is 5.75. The molecule has 100 valence electrons. The van der Waals surface area contributed by atoms with E-state index in [2.05, 4.69) is 29.6 Å². The molecule has 3 heteroatoms. The van der Waals surface area contributed by atoms with Gasteiger partial charge in [0.2, 0.25) is 0 Å².